The summed E-state index contributed by atoms with van der Waals surface area (Å²) in [5.41, 5.74) is 3.03. The Hall–Kier alpha value is -2.64. The first-order valence-electron chi connectivity index (χ1n) is 13.9. The molecule has 4 rings (SSSR count). The quantitative estimate of drug-likeness (QED) is 0.411. The fourth-order valence-electron chi connectivity index (χ4n) is 5.41. The third kappa shape index (κ3) is 7.06. The molecule has 3 heterocycles. The normalized spacial score (nSPS) is 19.1. The van der Waals surface area contributed by atoms with Gasteiger partial charge in [-0.1, -0.05) is 30.3 Å². The van der Waals surface area contributed by atoms with Crippen molar-refractivity contribution in [3.8, 4) is 10.4 Å². The molecule has 6 nitrogen and oxygen atoms in total. The van der Waals surface area contributed by atoms with E-state index in [-0.39, 0.29) is 11.9 Å². The van der Waals surface area contributed by atoms with E-state index < -0.39 is 11.7 Å². The van der Waals surface area contributed by atoms with Crippen molar-refractivity contribution in [2.45, 2.75) is 83.9 Å². The van der Waals surface area contributed by atoms with Gasteiger partial charge in [0.1, 0.15) is 5.60 Å². The van der Waals surface area contributed by atoms with Crippen LogP contribution >= 0.6 is 11.3 Å². The van der Waals surface area contributed by atoms with Crippen LogP contribution in [0.4, 0.5) is 4.79 Å². The topological polar surface area (TPSA) is 61.9 Å². The van der Waals surface area contributed by atoms with Crippen LogP contribution in [0.1, 0.15) is 80.6 Å². The minimum atomic E-state index is -0.547. The van der Waals surface area contributed by atoms with E-state index in [1.807, 2.05) is 31.7 Å². The summed E-state index contributed by atoms with van der Waals surface area (Å²) >= 11 is 1.56. The van der Waals surface area contributed by atoms with E-state index >= 15 is 0 Å². The van der Waals surface area contributed by atoms with Gasteiger partial charge < -0.3 is 19.9 Å². The number of carbonyl (C=O) groups excluding carboxylic acids is 2. The van der Waals surface area contributed by atoms with Gasteiger partial charge in [0.25, 0.3) is 5.91 Å². The second-order valence-electron chi connectivity index (χ2n) is 11.9. The van der Waals surface area contributed by atoms with E-state index in [1.165, 1.54) is 18.4 Å². The number of allylic oxidation sites excluding steroid dienone is 1. The first-order valence-corrected chi connectivity index (χ1v) is 14.7. The molecule has 0 unspecified atom stereocenters. The van der Waals surface area contributed by atoms with Crippen LogP contribution < -0.4 is 5.32 Å². The summed E-state index contributed by atoms with van der Waals surface area (Å²) < 4.78 is 5.38. The lowest BCUT2D eigenvalue weighted by molar-refractivity contribution is 0.0502. The molecule has 1 N–H and O–H groups in total. The number of benzene rings is 1. The summed E-state index contributed by atoms with van der Waals surface area (Å²) in [4.78, 5) is 32.0. The fourth-order valence-corrected chi connectivity index (χ4v) is 6.57. The highest BCUT2D eigenvalue weighted by Gasteiger charge is 2.31. The smallest absolute Gasteiger partial charge is 0.407 e. The van der Waals surface area contributed by atoms with Crippen molar-refractivity contribution in [1.29, 1.82) is 0 Å². The molecule has 1 aromatic heterocycles. The molecular formula is C31H43N3O3S. The van der Waals surface area contributed by atoms with Gasteiger partial charge in [-0.3, -0.25) is 4.79 Å². The standard InChI is InChI=1S/C31H43N3O3S/c1-7-8-25-19-27(24-11-9-22(10-12-24)23-13-16-33(17-14-23)21(2)3)38-28(25)29(35)34-18-15-26(20-34)32-30(36)37-31(4,5)6/h7,9-12,19,21,23,26H,1,8,13-18,20H2,2-6H3,(H,32,36)/t26-/m0/s1. The Kier molecular flexibility index (Phi) is 8.99. The average Bonchev–Trinajstić information content (AvgIpc) is 3.50. The molecule has 0 spiro atoms. The van der Waals surface area contributed by atoms with E-state index in [0.717, 1.165) is 40.4 Å². The number of alkyl carbamates (subject to hydrolysis) is 1. The van der Waals surface area contributed by atoms with Gasteiger partial charge >= 0.3 is 6.09 Å². The summed E-state index contributed by atoms with van der Waals surface area (Å²) in [6.07, 6.45) is 5.20. The molecule has 2 aromatic rings. The number of hydrogen-bond donors (Lipinski definition) is 1. The lowest BCUT2D eigenvalue weighted by Gasteiger charge is -2.34. The molecule has 2 saturated heterocycles. The van der Waals surface area contributed by atoms with Crippen LogP contribution in [0.3, 0.4) is 0 Å². The summed E-state index contributed by atoms with van der Waals surface area (Å²) in [7, 11) is 0. The van der Waals surface area contributed by atoms with Crippen LogP contribution in [-0.4, -0.2) is 65.7 Å². The number of amides is 2. The minimum absolute atomic E-state index is 0.0279. The van der Waals surface area contributed by atoms with E-state index in [2.05, 4.69) is 61.0 Å². The Balaban J connectivity index is 1.42. The molecule has 0 bridgehead atoms. The average molecular weight is 538 g/mol. The molecule has 0 saturated carbocycles. The predicted octanol–water partition coefficient (Wildman–Crippen LogP) is 6.47. The van der Waals surface area contributed by atoms with Crippen molar-refractivity contribution in [1.82, 2.24) is 15.1 Å². The van der Waals surface area contributed by atoms with Crippen molar-refractivity contribution >= 4 is 23.3 Å². The number of nitrogens with one attached hydrogen (secondary N) is 1. The molecular weight excluding hydrogens is 494 g/mol. The van der Waals surface area contributed by atoms with Crippen LogP contribution in [0.15, 0.2) is 43.0 Å². The van der Waals surface area contributed by atoms with Crippen LogP contribution in [0.25, 0.3) is 10.4 Å². The van der Waals surface area contributed by atoms with E-state index in [9.17, 15) is 9.59 Å². The maximum Gasteiger partial charge on any atom is 0.407 e. The van der Waals surface area contributed by atoms with Crippen molar-refractivity contribution in [2.24, 2.45) is 0 Å². The molecule has 2 aliphatic rings. The van der Waals surface area contributed by atoms with Gasteiger partial charge in [0.15, 0.2) is 0 Å². The van der Waals surface area contributed by atoms with Gasteiger partial charge in [0.2, 0.25) is 0 Å². The summed E-state index contributed by atoms with van der Waals surface area (Å²) in [6, 6.07) is 11.6. The number of piperidine rings is 1. The summed E-state index contributed by atoms with van der Waals surface area (Å²) in [6.45, 7) is 17.4. The van der Waals surface area contributed by atoms with Crippen molar-refractivity contribution in [3.05, 3.63) is 59.0 Å². The van der Waals surface area contributed by atoms with Gasteiger partial charge in [-0.15, -0.1) is 17.9 Å². The number of rotatable bonds is 7. The molecule has 1 atom stereocenters. The van der Waals surface area contributed by atoms with Gasteiger partial charge in [-0.2, -0.15) is 0 Å². The first kappa shape index (κ1) is 28.4. The molecule has 2 fully saturated rings. The molecule has 2 aliphatic heterocycles. The monoisotopic (exact) mass is 537 g/mol. The molecule has 0 radical (unpaired) electrons. The lowest BCUT2D eigenvalue weighted by Crippen LogP contribution is -2.41. The maximum atomic E-state index is 13.5. The lowest BCUT2D eigenvalue weighted by atomic mass is 9.88. The highest BCUT2D eigenvalue weighted by atomic mass is 32.1. The zero-order valence-corrected chi connectivity index (χ0v) is 24.4. The molecule has 38 heavy (non-hydrogen) atoms. The maximum absolute atomic E-state index is 13.5. The number of hydrogen-bond acceptors (Lipinski definition) is 5. The zero-order chi connectivity index (χ0) is 27.4. The Labute approximate surface area is 232 Å². The SMILES string of the molecule is C=CCc1cc(-c2ccc(C3CCN(C(C)C)CC3)cc2)sc1C(=O)N1CC[C@H](NC(=O)OC(C)(C)C)C1. The second-order valence-corrected chi connectivity index (χ2v) is 12.9. The van der Waals surface area contributed by atoms with Gasteiger partial charge in [0.05, 0.1) is 10.9 Å². The highest BCUT2D eigenvalue weighted by molar-refractivity contribution is 7.17. The Bertz CT molecular complexity index is 1120. The molecule has 0 aliphatic carbocycles. The number of likely N-dealkylation sites (tertiary alicyclic amines) is 2. The molecule has 7 heteroatoms. The molecule has 2 amide bonds. The predicted molar refractivity (Wildman–Crippen MR) is 156 cm³/mol. The molecule has 1 aromatic carbocycles. The van der Waals surface area contributed by atoms with Gasteiger partial charge in [0, 0.05) is 24.0 Å². The Morgan fingerprint density at radius 3 is 2.42 bits per heavy atom. The largest absolute Gasteiger partial charge is 0.444 e. The third-order valence-corrected chi connectivity index (χ3v) is 8.70. The van der Waals surface area contributed by atoms with Gasteiger partial charge in [-0.05, 0) is 102 Å². The van der Waals surface area contributed by atoms with Crippen molar-refractivity contribution < 1.29 is 14.3 Å². The van der Waals surface area contributed by atoms with E-state index in [4.69, 9.17) is 4.74 Å². The number of nitrogens with zero attached hydrogens (tertiary/aromatic N) is 2. The van der Waals surface area contributed by atoms with Crippen LogP contribution in [0.5, 0.6) is 0 Å². The van der Waals surface area contributed by atoms with E-state index in [1.54, 1.807) is 11.3 Å². The highest BCUT2D eigenvalue weighted by Crippen LogP contribution is 2.35. The second kappa shape index (κ2) is 12.0. The summed E-state index contributed by atoms with van der Waals surface area (Å²) in [5.74, 6) is 0.647. The number of ether oxygens (including phenoxy) is 1. The van der Waals surface area contributed by atoms with Gasteiger partial charge in [-0.25, -0.2) is 4.79 Å². The number of thiophene rings is 1. The Morgan fingerprint density at radius 1 is 1.13 bits per heavy atom. The van der Waals surface area contributed by atoms with Crippen LogP contribution in [0, 0.1) is 0 Å². The van der Waals surface area contributed by atoms with Crippen LogP contribution in [-0.2, 0) is 11.2 Å². The van der Waals surface area contributed by atoms with Crippen molar-refractivity contribution in [3.63, 3.8) is 0 Å². The zero-order valence-electron chi connectivity index (χ0n) is 23.6. The van der Waals surface area contributed by atoms with Crippen molar-refractivity contribution in [2.75, 3.05) is 26.2 Å². The minimum Gasteiger partial charge on any atom is -0.444 e. The first-order chi connectivity index (χ1) is 18.0. The van der Waals surface area contributed by atoms with E-state index in [0.29, 0.717) is 31.5 Å². The third-order valence-electron chi connectivity index (χ3n) is 7.49. The fraction of sp³-hybridized carbons (Fsp3) is 0.548. The summed E-state index contributed by atoms with van der Waals surface area (Å²) in [5, 5.41) is 2.91. The van der Waals surface area contributed by atoms with Crippen LogP contribution in [0.2, 0.25) is 0 Å². The molecule has 206 valence electrons. The Morgan fingerprint density at radius 2 is 1.82 bits per heavy atom. The number of carbonyl (C=O) groups is 2.